The fourth-order valence-electron chi connectivity index (χ4n) is 3.27. The standard InChI is InChI=1S/C18H12Br2N2O2/c1-21-13-5-3-9(19)7-11(13)15(17(21)23)16-12-8-10(20)4-6-14(12)22(2)18(16)24/h3-8H,1-2H3/b16-15+. The van der Waals surface area contributed by atoms with Gasteiger partial charge in [0, 0.05) is 34.2 Å². The molecule has 0 unspecified atom stereocenters. The van der Waals surface area contributed by atoms with Gasteiger partial charge in [-0.05, 0) is 36.4 Å². The van der Waals surface area contributed by atoms with Gasteiger partial charge in [-0.3, -0.25) is 9.59 Å². The quantitative estimate of drug-likeness (QED) is 0.571. The first-order valence-electron chi connectivity index (χ1n) is 7.30. The molecule has 0 aromatic heterocycles. The highest BCUT2D eigenvalue weighted by molar-refractivity contribution is 9.10. The number of hydrogen-bond acceptors (Lipinski definition) is 2. The number of halogens is 2. The molecule has 6 heteroatoms. The second kappa shape index (κ2) is 5.29. The molecule has 0 N–H and O–H groups in total. The van der Waals surface area contributed by atoms with E-state index in [0.717, 1.165) is 31.4 Å². The van der Waals surface area contributed by atoms with Crippen LogP contribution in [0, 0.1) is 0 Å². The third-order valence-corrected chi connectivity index (χ3v) is 5.45. The summed E-state index contributed by atoms with van der Waals surface area (Å²) in [7, 11) is 3.46. The van der Waals surface area contributed by atoms with E-state index in [-0.39, 0.29) is 11.8 Å². The fourth-order valence-corrected chi connectivity index (χ4v) is 3.99. The minimum atomic E-state index is -0.160. The van der Waals surface area contributed by atoms with Crippen LogP contribution in [0.15, 0.2) is 45.3 Å². The van der Waals surface area contributed by atoms with Crippen molar-refractivity contribution in [2.24, 2.45) is 0 Å². The molecule has 0 spiro atoms. The van der Waals surface area contributed by atoms with E-state index in [1.165, 1.54) is 0 Å². The molecule has 0 aliphatic carbocycles. The minimum Gasteiger partial charge on any atom is -0.311 e. The molecule has 2 aromatic rings. The molecule has 0 radical (unpaired) electrons. The van der Waals surface area contributed by atoms with Crippen molar-refractivity contribution < 1.29 is 9.59 Å². The Morgan fingerprint density at radius 1 is 0.708 bits per heavy atom. The van der Waals surface area contributed by atoms with E-state index in [4.69, 9.17) is 0 Å². The highest BCUT2D eigenvalue weighted by Gasteiger charge is 2.40. The van der Waals surface area contributed by atoms with Crippen molar-refractivity contribution in [1.29, 1.82) is 0 Å². The summed E-state index contributed by atoms with van der Waals surface area (Å²) in [5, 5.41) is 0. The molecule has 0 saturated heterocycles. The average Bonchev–Trinajstić information content (AvgIpc) is 2.92. The summed E-state index contributed by atoms with van der Waals surface area (Å²) >= 11 is 6.91. The summed E-state index contributed by atoms with van der Waals surface area (Å²) in [6.07, 6.45) is 0. The first-order chi connectivity index (χ1) is 11.4. The minimum absolute atomic E-state index is 0.160. The lowest BCUT2D eigenvalue weighted by Gasteiger charge is -2.09. The topological polar surface area (TPSA) is 40.6 Å². The van der Waals surface area contributed by atoms with Crippen molar-refractivity contribution in [3.8, 4) is 0 Å². The summed E-state index contributed by atoms with van der Waals surface area (Å²) < 4.78 is 1.74. The molecule has 2 heterocycles. The highest BCUT2D eigenvalue weighted by Crippen LogP contribution is 2.46. The van der Waals surface area contributed by atoms with Crippen LogP contribution in [0.25, 0.3) is 11.1 Å². The summed E-state index contributed by atoms with van der Waals surface area (Å²) in [6.45, 7) is 0. The van der Waals surface area contributed by atoms with Gasteiger partial charge in [0.05, 0.1) is 22.5 Å². The molecule has 2 aliphatic rings. The van der Waals surface area contributed by atoms with Crippen molar-refractivity contribution in [2.75, 3.05) is 23.9 Å². The van der Waals surface area contributed by atoms with Crippen LogP contribution in [-0.4, -0.2) is 25.9 Å². The molecule has 4 rings (SSSR count). The van der Waals surface area contributed by atoms with Crippen LogP contribution < -0.4 is 9.80 Å². The van der Waals surface area contributed by atoms with Crippen molar-refractivity contribution in [3.63, 3.8) is 0 Å². The van der Waals surface area contributed by atoms with Crippen LogP contribution >= 0.6 is 31.9 Å². The Hall–Kier alpha value is -1.92. The van der Waals surface area contributed by atoms with Gasteiger partial charge in [0.15, 0.2) is 0 Å². The zero-order chi connectivity index (χ0) is 17.2. The lowest BCUT2D eigenvalue weighted by molar-refractivity contribution is -0.114. The number of rotatable bonds is 0. The summed E-state index contributed by atoms with van der Waals surface area (Å²) in [4.78, 5) is 28.9. The maximum absolute atomic E-state index is 12.9. The van der Waals surface area contributed by atoms with E-state index in [1.807, 2.05) is 36.4 Å². The second-order valence-corrected chi connectivity index (χ2v) is 7.63. The molecule has 0 atom stereocenters. The second-order valence-electron chi connectivity index (χ2n) is 5.80. The largest absolute Gasteiger partial charge is 0.311 e. The van der Waals surface area contributed by atoms with Gasteiger partial charge in [-0.15, -0.1) is 0 Å². The van der Waals surface area contributed by atoms with Crippen LogP contribution in [0.3, 0.4) is 0 Å². The van der Waals surface area contributed by atoms with E-state index in [9.17, 15) is 9.59 Å². The third-order valence-electron chi connectivity index (χ3n) is 4.47. The summed E-state index contributed by atoms with van der Waals surface area (Å²) in [6, 6.07) is 11.3. The summed E-state index contributed by atoms with van der Waals surface area (Å²) in [5.41, 5.74) is 4.10. The molecule has 0 bridgehead atoms. The fraction of sp³-hybridized carbons (Fsp3) is 0.111. The van der Waals surface area contributed by atoms with Gasteiger partial charge < -0.3 is 9.80 Å². The van der Waals surface area contributed by atoms with E-state index >= 15 is 0 Å². The van der Waals surface area contributed by atoms with Gasteiger partial charge in [-0.1, -0.05) is 31.9 Å². The Labute approximate surface area is 156 Å². The first kappa shape index (κ1) is 15.6. The maximum atomic E-state index is 12.9. The van der Waals surface area contributed by atoms with Crippen molar-refractivity contribution in [1.82, 2.24) is 0 Å². The van der Waals surface area contributed by atoms with Gasteiger partial charge in [-0.25, -0.2) is 0 Å². The third kappa shape index (κ3) is 2.03. The number of amides is 2. The number of hydrogen-bond donors (Lipinski definition) is 0. The Bertz CT molecular complexity index is 888. The molecule has 2 aliphatic heterocycles. The van der Waals surface area contributed by atoms with Gasteiger partial charge in [0.2, 0.25) is 0 Å². The molecular formula is C18H12Br2N2O2. The Balaban J connectivity index is 2.09. The molecule has 2 amide bonds. The van der Waals surface area contributed by atoms with E-state index in [0.29, 0.717) is 11.1 Å². The van der Waals surface area contributed by atoms with Gasteiger partial charge in [-0.2, -0.15) is 0 Å². The number of nitrogens with zero attached hydrogens (tertiary/aromatic N) is 2. The molecule has 0 saturated carbocycles. The van der Waals surface area contributed by atoms with E-state index < -0.39 is 0 Å². The van der Waals surface area contributed by atoms with Crippen LogP contribution in [0.2, 0.25) is 0 Å². The van der Waals surface area contributed by atoms with E-state index in [1.54, 1.807) is 23.9 Å². The Kier molecular flexibility index (Phi) is 3.44. The lowest BCUT2D eigenvalue weighted by atomic mass is 9.96. The molecule has 2 aromatic carbocycles. The van der Waals surface area contributed by atoms with Gasteiger partial charge in [0.1, 0.15) is 0 Å². The number of anilines is 2. The highest BCUT2D eigenvalue weighted by atomic mass is 79.9. The molecule has 24 heavy (non-hydrogen) atoms. The average molecular weight is 448 g/mol. The monoisotopic (exact) mass is 446 g/mol. The molecular weight excluding hydrogens is 436 g/mol. The van der Waals surface area contributed by atoms with Crippen molar-refractivity contribution in [3.05, 3.63) is 56.5 Å². The van der Waals surface area contributed by atoms with Crippen molar-refractivity contribution >= 4 is 66.2 Å². The lowest BCUT2D eigenvalue weighted by Crippen LogP contribution is -2.24. The SMILES string of the molecule is CN1C(=O)/C(=C2/C(=O)N(C)c3ccc(Br)cc32)c2cc(Br)ccc21. The zero-order valence-electron chi connectivity index (χ0n) is 12.9. The van der Waals surface area contributed by atoms with Crippen molar-refractivity contribution in [2.45, 2.75) is 0 Å². The van der Waals surface area contributed by atoms with Crippen LogP contribution in [0.5, 0.6) is 0 Å². The Morgan fingerprint density at radius 3 is 1.46 bits per heavy atom. The Morgan fingerprint density at radius 2 is 1.08 bits per heavy atom. The molecule has 0 fully saturated rings. The molecule has 120 valence electrons. The van der Waals surface area contributed by atoms with Crippen LogP contribution in [0.1, 0.15) is 11.1 Å². The van der Waals surface area contributed by atoms with Crippen LogP contribution in [0.4, 0.5) is 11.4 Å². The number of fused-ring (bicyclic) bond motifs is 2. The van der Waals surface area contributed by atoms with Crippen LogP contribution in [-0.2, 0) is 9.59 Å². The van der Waals surface area contributed by atoms with Gasteiger partial charge in [0.25, 0.3) is 11.8 Å². The zero-order valence-corrected chi connectivity index (χ0v) is 16.1. The predicted octanol–water partition coefficient (Wildman–Crippen LogP) is 4.08. The number of carbonyl (C=O) groups is 2. The first-order valence-corrected chi connectivity index (χ1v) is 8.89. The van der Waals surface area contributed by atoms with E-state index in [2.05, 4.69) is 31.9 Å². The number of benzene rings is 2. The molecule has 4 nitrogen and oxygen atoms in total. The van der Waals surface area contributed by atoms with Gasteiger partial charge >= 0.3 is 0 Å². The number of likely N-dealkylation sites (N-methyl/N-ethyl adjacent to an activating group) is 2. The predicted molar refractivity (Wildman–Crippen MR) is 102 cm³/mol. The normalized spacial score (nSPS) is 19.2. The summed E-state index contributed by atoms with van der Waals surface area (Å²) in [5.74, 6) is -0.319. The number of carbonyl (C=O) groups excluding carboxylic acids is 2. The smallest absolute Gasteiger partial charge is 0.259 e. The maximum Gasteiger partial charge on any atom is 0.259 e.